The molecule has 23 heavy (non-hydrogen) atoms. The summed E-state index contributed by atoms with van der Waals surface area (Å²) in [6, 6.07) is -0.0777. The van der Waals surface area contributed by atoms with Crippen LogP contribution in [-0.4, -0.2) is 65.7 Å². The quantitative estimate of drug-likeness (QED) is 0.862. The Balaban J connectivity index is 1.84. The number of hydrogen-bond donors (Lipinski definition) is 1. The van der Waals surface area contributed by atoms with E-state index in [1.165, 1.54) is 12.8 Å². The van der Waals surface area contributed by atoms with Gasteiger partial charge in [-0.1, -0.05) is 0 Å². The smallest absolute Gasteiger partial charge is 0.408 e. The predicted molar refractivity (Wildman–Crippen MR) is 89.2 cm³/mol. The molecule has 0 aromatic rings. The topological polar surface area (TPSA) is 61.9 Å². The molecule has 0 bridgehead atoms. The highest BCUT2D eigenvalue weighted by Gasteiger charge is 2.31. The van der Waals surface area contributed by atoms with Gasteiger partial charge in [-0.05, 0) is 66.5 Å². The normalized spacial score (nSPS) is 24.3. The van der Waals surface area contributed by atoms with E-state index in [1.807, 2.05) is 25.7 Å². The lowest BCUT2D eigenvalue weighted by Crippen LogP contribution is -2.54. The molecule has 0 aromatic carbocycles. The Morgan fingerprint density at radius 3 is 2.39 bits per heavy atom. The number of rotatable bonds is 3. The third-order valence-electron chi connectivity index (χ3n) is 4.47. The van der Waals surface area contributed by atoms with Gasteiger partial charge in [0.2, 0.25) is 5.91 Å². The number of piperidine rings is 1. The van der Waals surface area contributed by atoms with Crippen molar-refractivity contribution in [2.24, 2.45) is 0 Å². The fraction of sp³-hybridized carbons (Fsp3) is 0.882. The summed E-state index contributed by atoms with van der Waals surface area (Å²) in [6.07, 6.45) is 4.19. The maximum absolute atomic E-state index is 12.6. The Labute approximate surface area is 139 Å². The van der Waals surface area contributed by atoms with Gasteiger partial charge in [-0.2, -0.15) is 0 Å². The highest BCUT2D eigenvalue weighted by atomic mass is 16.6. The number of carbonyl (C=O) groups excluding carboxylic acids is 2. The summed E-state index contributed by atoms with van der Waals surface area (Å²) in [7, 11) is 0. The molecule has 0 spiro atoms. The van der Waals surface area contributed by atoms with Crippen molar-refractivity contribution in [2.75, 3.05) is 26.2 Å². The Bertz CT molecular complexity index is 427. The fourth-order valence-corrected chi connectivity index (χ4v) is 3.38. The van der Waals surface area contributed by atoms with E-state index in [4.69, 9.17) is 4.74 Å². The summed E-state index contributed by atoms with van der Waals surface area (Å²) in [5.41, 5.74) is -0.557. The Morgan fingerprint density at radius 2 is 1.78 bits per heavy atom. The van der Waals surface area contributed by atoms with Crippen LogP contribution in [0.4, 0.5) is 4.79 Å². The van der Waals surface area contributed by atoms with E-state index in [-0.39, 0.29) is 5.91 Å². The highest BCUT2D eigenvalue weighted by Crippen LogP contribution is 2.21. The van der Waals surface area contributed by atoms with E-state index in [1.54, 1.807) is 6.92 Å². The molecule has 2 rings (SSSR count). The van der Waals surface area contributed by atoms with E-state index in [0.717, 1.165) is 39.0 Å². The first kappa shape index (κ1) is 18.0. The Morgan fingerprint density at radius 1 is 1.13 bits per heavy atom. The molecule has 0 unspecified atom stereocenters. The summed E-state index contributed by atoms with van der Waals surface area (Å²) in [6.45, 7) is 11.0. The number of ether oxygens (including phenoxy) is 1. The third kappa shape index (κ3) is 5.37. The molecule has 2 heterocycles. The Kier molecular flexibility index (Phi) is 5.89. The first-order valence-electron chi connectivity index (χ1n) is 8.78. The summed E-state index contributed by atoms with van der Waals surface area (Å²) in [4.78, 5) is 28.8. The van der Waals surface area contributed by atoms with Crippen LogP contribution in [0.25, 0.3) is 0 Å². The van der Waals surface area contributed by atoms with Crippen molar-refractivity contribution in [3.05, 3.63) is 0 Å². The number of carbonyl (C=O) groups is 2. The second-order valence-electron chi connectivity index (χ2n) is 7.69. The highest BCUT2D eigenvalue weighted by molar-refractivity contribution is 5.85. The average Bonchev–Trinajstić information content (AvgIpc) is 2.98. The summed E-state index contributed by atoms with van der Waals surface area (Å²) < 4.78 is 5.22. The molecular weight excluding hydrogens is 294 g/mol. The fourth-order valence-electron chi connectivity index (χ4n) is 3.38. The van der Waals surface area contributed by atoms with Crippen molar-refractivity contribution in [3.63, 3.8) is 0 Å². The number of amides is 2. The number of alkyl carbamates (subject to hydrolysis) is 1. The summed E-state index contributed by atoms with van der Waals surface area (Å²) in [5.74, 6) is -0.0141. The van der Waals surface area contributed by atoms with Gasteiger partial charge >= 0.3 is 6.09 Å². The van der Waals surface area contributed by atoms with Crippen LogP contribution >= 0.6 is 0 Å². The molecule has 6 nitrogen and oxygen atoms in total. The minimum Gasteiger partial charge on any atom is -0.444 e. The van der Waals surface area contributed by atoms with E-state index in [2.05, 4.69) is 10.2 Å². The van der Waals surface area contributed by atoms with Crippen molar-refractivity contribution in [3.8, 4) is 0 Å². The van der Waals surface area contributed by atoms with E-state index in [9.17, 15) is 9.59 Å². The van der Waals surface area contributed by atoms with Crippen LogP contribution in [0, 0.1) is 0 Å². The maximum Gasteiger partial charge on any atom is 0.408 e. The summed E-state index contributed by atoms with van der Waals surface area (Å²) in [5, 5.41) is 2.65. The van der Waals surface area contributed by atoms with Crippen molar-refractivity contribution in [2.45, 2.75) is 71.1 Å². The molecule has 1 N–H and O–H groups in total. The second-order valence-corrected chi connectivity index (χ2v) is 7.69. The zero-order valence-electron chi connectivity index (χ0n) is 14.9. The monoisotopic (exact) mass is 325 g/mol. The van der Waals surface area contributed by atoms with Gasteiger partial charge < -0.3 is 15.0 Å². The van der Waals surface area contributed by atoms with Crippen molar-refractivity contribution in [1.82, 2.24) is 15.1 Å². The van der Waals surface area contributed by atoms with Gasteiger partial charge in [0.15, 0.2) is 0 Å². The van der Waals surface area contributed by atoms with Crippen LogP contribution in [0.1, 0.15) is 53.4 Å². The van der Waals surface area contributed by atoms with Gasteiger partial charge in [-0.3, -0.25) is 9.69 Å². The molecule has 0 aliphatic carbocycles. The van der Waals surface area contributed by atoms with Gasteiger partial charge in [-0.25, -0.2) is 4.79 Å². The van der Waals surface area contributed by atoms with Gasteiger partial charge in [0.05, 0.1) is 0 Å². The van der Waals surface area contributed by atoms with E-state index < -0.39 is 17.7 Å². The van der Waals surface area contributed by atoms with Crippen LogP contribution in [0.2, 0.25) is 0 Å². The first-order valence-corrected chi connectivity index (χ1v) is 8.78. The number of nitrogens with zero attached hydrogens (tertiary/aromatic N) is 2. The lowest BCUT2D eigenvalue weighted by Gasteiger charge is -2.38. The molecule has 6 heteroatoms. The zero-order valence-corrected chi connectivity index (χ0v) is 14.9. The van der Waals surface area contributed by atoms with Gasteiger partial charge in [0, 0.05) is 19.1 Å². The van der Waals surface area contributed by atoms with E-state index in [0.29, 0.717) is 6.04 Å². The van der Waals surface area contributed by atoms with Gasteiger partial charge in [0.1, 0.15) is 11.6 Å². The number of nitrogens with one attached hydrogen (secondary N) is 1. The van der Waals surface area contributed by atoms with Crippen LogP contribution in [-0.2, 0) is 9.53 Å². The van der Waals surface area contributed by atoms with Crippen molar-refractivity contribution < 1.29 is 14.3 Å². The largest absolute Gasteiger partial charge is 0.444 e. The third-order valence-corrected chi connectivity index (χ3v) is 4.47. The summed E-state index contributed by atoms with van der Waals surface area (Å²) >= 11 is 0. The zero-order chi connectivity index (χ0) is 17.0. The SMILES string of the molecule is C[C@@H](NC(=O)OC(C)(C)C)C(=O)N1CCC[C@@H](N2CCCC2)C1. The maximum atomic E-state index is 12.6. The molecule has 2 atom stereocenters. The molecule has 2 amide bonds. The van der Waals surface area contributed by atoms with Crippen LogP contribution in [0.15, 0.2) is 0 Å². The van der Waals surface area contributed by atoms with Crippen LogP contribution in [0.3, 0.4) is 0 Å². The molecule has 2 fully saturated rings. The molecule has 0 aromatic heterocycles. The van der Waals surface area contributed by atoms with Gasteiger partial charge in [0.25, 0.3) is 0 Å². The molecule has 132 valence electrons. The first-order chi connectivity index (χ1) is 10.8. The number of hydrogen-bond acceptors (Lipinski definition) is 4. The van der Waals surface area contributed by atoms with Crippen molar-refractivity contribution >= 4 is 12.0 Å². The number of likely N-dealkylation sites (tertiary alicyclic amines) is 2. The minimum absolute atomic E-state index is 0.0141. The van der Waals surface area contributed by atoms with E-state index >= 15 is 0 Å². The van der Waals surface area contributed by atoms with Crippen LogP contribution < -0.4 is 5.32 Å². The standard InChI is InChI=1S/C17H31N3O3/c1-13(18-16(22)23-17(2,3)4)15(21)20-11-7-8-14(12-20)19-9-5-6-10-19/h13-14H,5-12H2,1-4H3,(H,18,22)/t13-,14-/m1/s1. The molecular formula is C17H31N3O3. The molecule has 2 aliphatic heterocycles. The van der Waals surface area contributed by atoms with Crippen molar-refractivity contribution in [1.29, 1.82) is 0 Å². The lowest BCUT2D eigenvalue weighted by molar-refractivity contribution is -0.135. The average molecular weight is 325 g/mol. The molecule has 0 radical (unpaired) electrons. The molecule has 0 saturated carbocycles. The molecule has 2 saturated heterocycles. The second kappa shape index (κ2) is 7.51. The Hall–Kier alpha value is -1.30. The van der Waals surface area contributed by atoms with Gasteiger partial charge in [-0.15, -0.1) is 0 Å². The molecule has 2 aliphatic rings. The lowest BCUT2D eigenvalue weighted by atomic mass is 10.0. The van der Waals surface area contributed by atoms with Crippen LogP contribution in [0.5, 0.6) is 0 Å². The minimum atomic E-state index is -0.557. The predicted octanol–water partition coefficient (Wildman–Crippen LogP) is 1.99.